The van der Waals surface area contributed by atoms with Crippen LogP contribution in [0.1, 0.15) is 5.56 Å². The molecule has 1 heterocycles. The van der Waals surface area contributed by atoms with Gasteiger partial charge in [-0.25, -0.2) is 9.37 Å². The maximum absolute atomic E-state index is 12.8. The van der Waals surface area contributed by atoms with Crippen molar-refractivity contribution >= 4 is 22.5 Å². The Morgan fingerprint density at radius 3 is 2.65 bits per heavy atom. The van der Waals surface area contributed by atoms with E-state index in [9.17, 15) is 24.1 Å². The van der Waals surface area contributed by atoms with Gasteiger partial charge in [0.15, 0.2) is 0 Å². The molecule has 0 bridgehead atoms. The Balaban J connectivity index is 1.73. The molecule has 1 N–H and O–H groups in total. The highest BCUT2D eigenvalue weighted by atomic mass is 19.1. The molecule has 3 aromatic rings. The zero-order chi connectivity index (χ0) is 18.7. The van der Waals surface area contributed by atoms with Crippen molar-refractivity contribution in [1.82, 2.24) is 14.9 Å². The number of carbonyl (C=O) groups excluding carboxylic acids is 1. The number of hydrogen-bond donors (Lipinski definition) is 1. The molecule has 2 aromatic carbocycles. The SMILES string of the molecule is O=C(Cn1cnc2cc([N+](=O)[O-])ccc2c1=O)NCc1ccc(F)cc1. The van der Waals surface area contributed by atoms with Crippen molar-refractivity contribution in [3.05, 3.63) is 80.6 Å². The Morgan fingerprint density at radius 1 is 1.23 bits per heavy atom. The van der Waals surface area contributed by atoms with E-state index in [0.29, 0.717) is 0 Å². The zero-order valence-corrected chi connectivity index (χ0v) is 13.4. The number of benzene rings is 2. The van der Waals surface area contributed by atoms with E-state index in [1.165, 1.54) is 36.7 Å². The Hall–Kier alpha value is -3.62. The molecule has 8 nitrogen and oxygen atoms in total. The minimum absolute atomic E-state index is 0.167. The van der Waals surface area contributed by atoms with Crippen molar-refractivity contribution < 1.29 is 14.1 Å². The van der Waals surface area contributed by atoms with Crippen LogP contribution in [0, 0.1) is 15.9 Å². The molecular weight excluding hydrogens is 343 g/mol. The van der Waals surface area contributed by atoms with E-state index in [1.54, 1.807) is 12.1 Å². The van der Waals surface area contributed by atoms with E-state index in [-0.39, 0.29) is 35.5 Å². The summed E-state index contributed by atoms with van der Waals surface area (Å²) in [6.45, 7) is -0.0545. The fourth-order valence-corrected chi connectivity index (χ4v) is 2.39. The Labute approximate surface area is 146 Å². The Kier molecular flexibility index (Phi) is 4.70. The monoisotopic (exact) mass is 356 g/mol. The largest absolute Gasteiger partial charge is 0.350 e. The van der Waals surface area contributed by atoms with Crippen molar-refractivity contribution in [3.63, 3.8) is 0 Å². The van der Waals surface area contributed by atoms with Gasteiger partial charge in [0.2, 0.25) is 5.91 Å². The predicted molar refractivity (Wildman–Crippen MR) is 90.9 cm³/mol. The lowest BCUT2D eigenvalue weighted by atomic mass is 10.2. The third-order valence-corrected chi connectivity index (χ3v) is 3.74. The summed E-state index contributed by atoms with van der Waals surface area (Å²) in [6.07, 6.45) is 1.17. The van der Waals surface area contributed by atoms with Gasteiger partial charge in [0.1, 0.15) is 12.4 Å². The van der Waals surface area contributed by atoms with Gasteiger partial charge in [-0.2, -0.15) is 0 Å². The van der Waals surface area contributed by atoms with E-state index in [1.807, 2.05) is 0 Å². The number of hydrogen-bond acceptors (Lipinski definition) is 5. The minimum atomic E-state index is -0.574. The molecule has 0 unspecified atom stereocenters. The summed E-state index contributed by atoms with van der Waals surface area (Å²) in [7, 11) is 0. The molecule has 0 fully saturated rings. The molecule has 0 aliphatic heterocycles. The molecule has 9 heteroatoms. The van der Waals surface area contributed by atoms with Crippen molar-refractivity contribution in [3.8, 4) is 0 Å². The number of fused-ring (bicyclic) bond motifs is 1. The van der Waals surface area contributed by atoms with Crippen LogP contribution >= 0.6 is 0 Å². The second-order valence-corrected chi connectivity index (χ2v) is 5.54. The first-order valence-electron chi connectivity index (χ1n) is 7.59. The fourth-order valence-electron chi connectivity index (χ4n) is 2.39. The van der Waals surface area contributed by atoms with Crippen LogP contribution in [-0.4, -0.2) is 20.4 Å². The third-order valence-electron chi connectivity index (χ3n) is 3.74. The molecule has 0 radical (unpaired) electrons. The zero-order valence-electron chi connectivity index (χ0n) is 13.4. The molecule has 132 valence electrons. The topological polar surface area (TPSA) is 107 Å². The van der Waals surface area contributed by atoms with Crippen molar-refractivity contribution in [1.29, 1.82) is 0 Å². The van der Waals surface area contributed by atoms with Crippen LogP contribution in [0.3, 0.4) is 0 Å². The van der Waals surface area contributed by atoms with Gasteiger partial charge >= 0.3 is 0 Å². The highest BCUT2D eigenvalue weighted by molar-refractivity contribution is 5.80. The van der Waals surface area contributed by atoms with Crippen LogP contribution in [-0.2, 0) is 17.9 Å². The van der Waals surface area contributed by atoms with Gasteiger partial charge in [0.05, 0.1) is 22.2 Å². The summed E-state index contributed by atoms with van der Waals surface area (Å²) < 4.78 is 14.0. The molecule has 26 heavy (non-hydrogen) atoms. The number of nitro groups is 1. The van der Waals surface area contributed by atoms with E-state index in [0.717, 1.165) is 10.1 Å². The summed E-state index contributed by atoms with van der Waals surface area (Å²) in [5.41, 5.74) is 0.268. The van der Waals surface area contributed by atoms with E-state index in [2.05, 4.69) is 10.3 Å². The first kappa shape index (κ1) is 17.2. The van der Waals surface area contributed by atoms with Crippen LogP contribution < -0.4 is 10.9 Å². The van der Waals surface area contributed by atoms with E-state index in [4.69, 9.17) is 0 Å². The molecule has 1 aromatic heterocycles. The quantitative estimate of drug-likeness (QED) is 0.554. The lowest BCUT2D eigenvalue weighted by molar-refractivity contribution is -0.384. The number of nitrogens with zero attached hydrogens (tertiary/aromatic N) is 3. The van der Waals surface area contributed by atoms with Crippen LogP contribution in [0.4, 0.5) is 10.1 Å². The van der Waals surface area contributed by atoms with Crippen LogP contribution in [0.2, 0.25) is 0 Å². The number of rotatable bonds is 5. The van der Waals surface area contributed by atoms with Crippen LogP contribution in [0.5, 0.6) is 0 Å². The van der Waals surface area contributed by atoms with Gasteiger partial charge in [-0.3, -0.25) is 24.3 Å². The number of aromatic nitrogens is 2. The maximum atomic E-state index is 12.8. The molecular formula is C17H13FN4O4. The average Bonchev–Trinajstić information content (AvgIpc) is 2.63. The van der Waals surface area contributed by atoms with Gasteiger partial charge in [0.25, 0.3) is 11.2 Å². The van der Waals surface area contributed by atoms with Gasteiger partial charge in [-0.05, 0) is 23.8 Å². The Bertz CT molecular complexity index is 1050. The number of halogens is 1. The number of non-ortho nitro benzene ring substituents is 1. The smallest absolute Gasteiger partial charge is 0.271 e. The Morgan fingerprint density at radius 2 is 1.96 bits per heavy atom. The summed E-state index contributed by atoms with van der Waals surface area (Å²) in [5, 5.41) is 13.6. The molecule has 0 saturated heterocycles. The first-order valence-corrected chi connectivity index (χ1v) is 7.59. The highest BCUT2D eigenvalue weighted by Gasteiger charge is 2.12. The molecule has 1 amide bonds. The second-order valence-electron chi connectivity index (χ2n) is 5.54. The summed E-state index contributed by atoms with van der Waals surface area (Å²) in [6, 6.07) is 9.41. The van der Waals surface area contributed by atoms with Gasteiger partial charge in [0, 0.05) is 18.7 Å². The normalized spacial score (nSPS) is 10.7. The standard InChI is InChI=1S/C17H13FN4O4/c18-12-3-1-11(2-4-12)8-19-16(23)9-21-10-20-15-7-13(22(25)26)5-6-14(15)17(21)24/h1-7,10H,8-9H2,(H,19,23). The first-order chi connectivity index (χ1) is 12.4. The summed E-state index contributed by atoms with van der Waals surface area (Å²) in [4.78, 5) is 38.6. The van der Waals surface area contributed by atoms with Crippen molar-refractivity contribution in [2.75, 3.05) is 0 Å². The number of amides is 1. The lowest BCUT2D eigenvalue weighted by Crippen LogP contribution is -2.32. The van der Waals surface area contributed by atoms with Crippen molar-refractivity contribution in [2.24, 2.45) is 0 Å². The third kappa shape index (κ3) is 3.72. The van der Waals surface area contributed by atoms with Crippen LogP contribution in [0.15, 0.2) is 53.6 Å². The summed E-state index contributed by atoms with van der Waals surface area (Å²) in [5.74, 6) is -0.784. The molecule has 3 rings (SSSR count). The van der Waals surface area contributed by atoms with E-state index >= 15 is 0 Å². The van der Waals surface area contributed by atoms with Crippen LogP contribution in [0.25, 0.3) is 10.9 Å². The highest BCUT2D eigenvalue weighted by Crippen LogP contribution is 2.16. The number of nitrogens with one attached hydrogen (secondary N) is 1. The average molecular weight is 356 g/mol. The maximum Gasteiger partial charge on any atom is 0.271 e. The molecule has 0 saturated carbocycles. The number of nitro benzene ring substituents is 1. The lowest BCUT2D eigenvalue weighted by Gasteiger charge is -2.08. The molecule has 0 aliphatic rings. The minimum Gasteiger partial charge on any atom is -0.350 e. The molecule has 0 aliphatic carbocycles. The second kappa shape index (κ2) is 7.09. The summed E-state index contributed by atoms with van der Waals surface area (Å²) >= 11 is 0. The van der Waals surface area contributed by atoms with E-state index < -0.39 is 16.4 Å². The number of carbonyl (C=O) groups is 1. The van der Waals surface area contributed by atoms with Crippen molar-refractivity contribution in [2.45, 2.75) is 13.1 Å². The molecule has 0 atom stereocenters. The predicted octanol–water partition coefficient (Wildman–Crippen LogP) is 1.76. The fraction of sp³-hybridized carbons (Fsp3) is 0.118. The van der Waals surface area contributed by atoms with Gasteiger partial charge in [-0.1, -0.05) is 12.1 Å². The molecule has 0 spiro atoms. The van der Waals surface area contributed by atoms with Gasteiger partial charge < -0.3 is 5.32 Å². The van der Waals surface area contributed by atoms with Gasteiger partial charge in [-0.15, -0.1) is 0 Å².